The largest absolute Gasteiger partial charge is 0.380 e. The van der Waals surface area contributed by atoms with Gasteiger partial charge in [-0.25, -0.2) is 0 Å². The van der Waals surface area contributed by atoms with E-state index in [4.69, 9.17) is 10.5 Å². The molecular weight excluding hydrogens is 364 g/mol. The van der Waals surface area contributed by atoms with Gasteiger partial charge < -0.3 is 20.7 Å². The summed E-state index contributed by atoms with van der Waals surface area (Å²) in [5, 5.41) is 13.1. The highest BCUT2D eigenvalue weighted by Crippen LogP contribution is 2.41. The number of likely N-dealkylation sites (N-methyl/N-ethyl adjacent to an activating group) is 1. The van der Waals surface area contributed by atoms with Gasteiger partial charge in [0.1, 0.15) is 15.9 Å². The van der Waals surface area contributed by atoms with E-state index in [-0.39, 0.29) is 5.91 Å². The van der Waals surface area contributed by atoms with E-state index in [1.54, 1.807) is 24.3 Å². The molecule has 0 atom stereocenters. The number of nitriles is 1. The van der Waals surface area contributed by atoms with E-state index >= 15 is 0 Å². The molecule has 1 aromatic carbocycles. The molecule has 1 aromatic heterocycles. The third kappa shape index (κ3) is 4.84. The number of primary amides is 1. The van der Waals surface area contributed by atoms with Crippen molar-refractivity contribution in [1.82, 2.24) is 0 Å². The number of ether oxygens (including phenoxy) is 1. The third-order valence-corrected chi connectivity index (χ3v) is 5.14. The van der Waals surface area contributed by atoms with Crippen LogP contribution >= 0.6 is 11.3 Å². The minimum atomic E-state index is -0.596. The van der Waals surface area contributed by atoms with Gasteiger partial charge in [0.25, 0.3) is 5.91 Å². The normalized spacial score (nSPS) is 10.3. The standard InChI is InChI=1S/C19H22N4O3S/c1-4-26-9-8-23(3)19-15(11-20)16(17(27-19)18(21)25)13-6-5-7-14(10-13)22-12(2)24/h5-7,10H,4,8-9H2,1-3H3,(H2,21,25)(H,22,24). The third-order valence-electron chi connectivity index (χ3n) is 3.82. The van der Waals surface area contributed by atoms with Crippen LogP contribution < -0.4 is 16.0 Å². The van der Waals surface area contributed by atoms with Crippen molar-refractivity contribution in [2.24, 2.45) is 5.73 Å². The van der Waals surface area contributed by atoms with Crippen LogP contribution in [-0.2, 0) is 9.53 Å². The Bertz CT molecular complexity index is 886. The number of benzene rings is 1. The maximum atomic E-state index is 12.0. The van der Waals surface area contributed by atoms with Gasteiger partial charge in [0, 0.05) is 38.4 Å². The summed E-state index contributed by atoms with van der Waals surface area (Å²) >= 11 is 1.19. The average Bonchev–Trinajstić information content (AvgIpc) is 3.01. The summed E-state index contributed by atoms with van der Waals surface area (Å²) in [6, 6.07) is 9.20. The smallest absolute Gasteiger partial charge is 0.259 e. The molecule has 0 bridgehead atoms. The van der Waals surface area contributed by atoms with Crippen molar-refractivity contribution >= 4 is 33.8 Å². The predicted octanol–water partition coefficient (Wildman–Crippen LogP) is 2.82. The summed E-state index contributed by atoms with van der Waals surface area (Å²) in [5.41, 5.74) is 7.67. The predicted molar refractivity (Wildman–Crippen MR) is 107 cm³/mol. The SMILES string of the molecule is CCOCCN(C)c1sc(C(N)=O)c(-c2cccc(NC(C)=O)c2)c1C#N. The first-order chi connectivity index (χ1) is 12.9. The minimum Gasteiger partial charge on any atom is -0.380 e. The molecule has 8 heteroatoms. The molecule has 2 amide bonds. The Morgan fingerprint density at radius 3 is 2.74 bits per heavy atom. The van der Waals surface area contributed by atoms with Gasteiger partial charge >= 0.3 is 0 Å². The van der Waals surface area contributed by atoms with Crippen molar-refractivity contribution in [2.45, 2.75) is 13.8 Å². The summed E-state index contributed by atoms with van der Waals surface area (Å²) < 4.78 is 5.37. The van der Waals surface area contributed by atoms with Crippen LogP contribution in [0.1, 0.15) is 29.1 Å². The van der Waals surface area contributed by atoms with Gasteiger partial charge in [-0.15, -0.1) is 11.3 Å². The zero-order chi connectivity index (χ0) is 20.0. The summed E-state index contributed by atoms with van der Waals surface area (Å²) in [5.74, 6) is -0.801. The van der Waals surface area contributed by atoms with Gasteiger partial charge in [-0.3, -0.25) is 9.59 Å². The molecule has 27 heavy (non-hydrogen) atoms. The molecule has 1 heterocycles. The number of nitrogens with one attached hydrogen (secondary N) is 1. The second kappa shape index (κ2) is 9.16. The Morgan fingerprint density at radius 1 is 1.41 bits per heavy atom. The summed E-state index contributed by atoms with van der Waals surface area (Å²) in [7, 11) is 1.84. The summed E-state index contributed by atoms with van der Waals surface area (Å²) in [6.07, 6.45) is 0. The van der Waals surface area contributed by atoms with Crippen LogP contribution in [-0.4, -0.2) is 38.6 Å². The number of hydrogen-bond acceptors (Lipinski definition) is 6. The number of anilines is 2. The molecule has 0 aliphatic rings. The van der Waals surface area contributed by atoms with Crippen LogP contribution in [0.25, 0.3) is 11.1 Å². The molecule has 0 saturated heterocycles. The van der Waals surface area contributed by atoms with E-state index in [0.29, 0.717) is 52.0 Å². The van der Waals surface area contributed by atoms with Gasteiger partial charge in [0.15, 0.2) is 0 Å². The van der Waals surface area contributed by atoms with Crippen LogP contribution in [0.3, 0.4) is 0 Å². The van der Waals surface area contributed by atoms with Gasteiger partial charge in [-0.2, -0.15) is 5.26 Å². The van der Waals surface area contributed by atoms with E-state index in [1.165, 1.54) is 18.3 Å². The van der Waals surface area contributed by atoms with Crippen molar-refractivity contribution in [1.29, 1.82) is 5.26 Å². The second-order valence-corrected chi connectivity index (χ2v) is 6.84. The average molecular weight is 386 g/mol. The molecule has 0 aliphatic carbocycles. The molecule has 0 spiro atoms. The zero-order valence-electron chi connectivity index (χ0n) is 15.5. The first kappa shape index (κ1) is 20.4. The molecule has 7 nitrogen and oxygen atoms in total. The number of hydrogen-bond donors (Lipinski definition) is 2. The molecule has 2 aromatic rings. The fourth-order valence-electron chi connectivity index (χ4n) is 2.64. The maximum absolute atomic E-state index is 12.0. The molecule has 0 unspecified atom stereocenters. The van der Waals surface area contributed by atoms with Gasteiger partial charge in [-0.1, -0.05) is 12.1 Å². The van der Waals surface area contributed by atoms with Crippen LogP contribution in [0, 0.1) is 11.3 Å². The van der Waals surface area contributed by atoms with Crippen molar-refractivity contribution in [3.8, 4) is 17.2 Å². The molecule has 3 N–H and O–H groups in total. The fraction of sp³-hybridized carbons (Fsp3) is 0.316. The Hall–Kier alpha value is -2.89. The quantitative estimate of drug-likeness (QED) is 0.678. The first-order valence-electron chi connectivity index (χ1n) is 8.42. The number of rotatable bonds is 8. The Labute approximate surface area is 162 Å². The number of amides is 2. The van der Waals surface area contributed by atoms with E-state index < -0.39 is 5.91 Å². The molecule has 142 valence electrons. The highest BCUT2D eigenvalue weighted by Gasteiger charge is 2.25. The molecule has 0 saturated carbocycles. The van der Waals surface area contributed by atoms with Crippen LogP contribution in [0.4, 0.5) is 10.7 Å². The lowest BCUT2D eigenvalue weighted by Gasteiger charge is -2.17. The molecule has 0 aliphatic heterocycles. The van der Waals surface area contributed by atoms with Gasteiger partial charge in [-0.05, 0) is 24.6 Å². The molecule has 0 fully saturated rings. The van der Waals surface area contributed by atoms with Gasteiger partial charge in [0.05, 0.1) is 12.2 Å². The highest BCUT2D eigenvalue weighted by atomic mass is 32.1. The van der Waals surface area contributed by atoms with E-state index in [9.17, 15) is 14.9 Å². The lowest BCUT2D eigenvalue weighted by molar-refractivity contribution is -0.114. The Kier molecular flexibility index (Phi) is 6.93. The van der Waals surface area contributed by atoms with Crippen molar-refractivity contribution in [3.05, 3.63) is 34.7 Å². The van der Waals surface area contributed by atoms with Gasteiger partial charge in [0.2, 0.25) is 5.91 Å². The van der Waals surface area contributed by atoms with E-state index in [0.717, 1.165) is 0 Å². The lowest BCUT2D eigenvalue weighted by Crippen LogP contribution is -2.22. The summed E-state index contributed by atoms with van der Waals surface area (Å²) in [6.45, 7) is 5.02. The topological polar surface area (TPSA) is 108 Å². The van der Waals surface area contributed by atoms with Crippen LogP contribution in [0.5, 0.6) is 0 Å². The summed E-state index contributed by atoms with van der Waals surface area (Å²) in [4.78, 5) is 25.5. The number of thiophene rings is 1. The van der Waals surface area contributed by atoms with Crippen LogP contribution in [0.2, 0.25) is 0 Å². The fourth-order valence-corrected chi connectivity index (χ4v) is 3.76. The van der Waals surface area contributed by atoms with Crippen molar-refractivity contribution < 1.29 is 14.3 Å². The monoisotopic (exact) mass is 386 g/mol. The minimum absolute atomic E-state index is 0.204. The lowest BCUT2D eigenvalue weighted by atomic mass is 10.0. The van der Waals surface area contributed by atoms with Crippen molar-refractivity contribution in [3.63, 3.8) is 0 Å². The molecular formula is C19H22N4O3S. The number of nitrogens with zero attached hydrogens (tertiary/aromatic N) is 2. The second-order valence-electron chi connectivity index (χ2n) is 5.84. The van der Waals surface area contributed by atoms with E-state index in [2.05, 4.69) is 11.4 Å². The number of nitrogens with two attached hydrogens (primary N) is 1. The molecule has 2 rings (SSSR count). The Balaban J connectivity index is 2.54. The van der Waals surface area contributed by atoms with E-state index in [1.807, 2.05) is 18.9 Å². The van der Waals surface area contributed by atoms with Crippen LogP contribution in [0.15, 0.2) is 24.3 Å². The van der Waals surface area contributed by atoms with Crippen molar-refractivity contribution in [2.75, 3.05) is 37.0 Å². The molecule has 0 radical (unpaired) electrons. The highest BCUT2D eigenvalue weighted by molar-refractivity contribution is 7.18. The number of carbonyl (C=O) groups is 2. The zero-order valence-corrected chi connectivity index (χ0v) is 16.4. The maximum Gasteiger partial charge on any atom is 0.259 e. The first-order valence-corrected chi connectivity index (χ1v) is 9.24. The Morgan fingerprint density at radius 2 is 2.15 bits per heavy atom. The number of carbonyl (C=O) groups excluding carboxylic acids is 2.